The first-order chi connectivity index (χ1) is 8.16. The summed E-state index contributed by atoms with van der Waals surface area (Å²) >= 11 is 7.54. The van der Waals surface area contributed by atoms with Crippen molar-refractivity contribution in [2.75, 3.05) is 6.54 Å². The monoisotopic (exact) mass is 269 g/mol. The third-order valence-corrected chi connectivity index (χ3v) is 4.04. The van der Waals surface area contributed by atoms with Gasteiger partial charge in [0.2, 0.25) is 0 Å². The Kier molecular flexibility index (Phi) is 4.20. The lowest BCUT2D eigenvalue weighted by Gasteiger charge is -2.13. The normalized spacial score (nSPS) is 12.9. The van der Waals surface area contributed by atoms with Gasteiger partial charge in [-0.2, -0.15) is 5.10 Å². The molecule has 0 saturated heterocycles. The molecule has 2 aromatic rings. The molecule has 3 nitrogen and oxygen atoms in total. The standard InChI is InChI=1S/C12H16ClN3S/c1-9(11-6-8-15-16(11)2)14-7-5-10-3-4-12(13)17-10/h3-4,6,8-9,14H,5,7H2,1-2H3. The quantitative estimate of drug-likeness (QED) is 0.904. The number of hydrogen-bond acceptors (Lipinski definition) is 3. The summed E-state index contributed by atoms with van der Waals surface area (Å²) in [5.41, 5.74) is 1.20. The summed E-state index contributed by atoms with van der Waals surface area (Å²) in [6.07, 6.45) is 2.84. The summed E-state index contributed by atoms with van der Waals surface area (Å²) < 4.78 is 2.76. The van der Waals surface area contributed by atoms with Crippen molar-refractivity contribution in [2.24, 2.45) is 7.05 Å². The molecule has 0 aromatic carbocycles. The molecule has 0 aliphatic rings. The van der Waals surface area contributed by atoms with E-state index in [0.29, 0.717) is 6.04 Å². The van der Waals surface area contributed by atoms with Crippen molar-refractivity contribution >= 4 is 22.9 Å². The summed E-state index contributed by atoms with van der Waals surface area (Å²) in [6, 6.07) is 6.40. The van der Waals surface area contributed by atoms with Crippen LogP contribution in [0.15, 0.2) is 24.4 Å². The molecule has 0 spiro atoms. The van der Waals surface area contributed by atoms with Gasteiger partial charge in [-0.3, -0.25) is 4.68 Å². The molecular formula is C12H16ClN3S. The number of halogens is 1. The molecule has 0 aliphatic carbocycles. The van der Waals surface area contributed by atoms with Crippen LogP contribution in [0.4, 0.5) is 0 Å². The summed E-state index contributed by atoms with van der Waals surface area (Å²) in [4.78, 5) is 1.32. The van der Waals surface area contributed by atoms with Crippen molar-refractivity contribution in [2.45, 2.75) is 19.4 Å². The second-order valence-corrected chi connectivity index (χ2v) is 5.81. The molecule has 2 rings (SSSR count). The van der Waals surface area contributed by atoms with Gasteiger partial charge in [-0.1, -0.05) is 11.6 Å². The zero-order valence-electron chi connectivity index (χ0n) is 9.98. The molecule has 5 heteroatoms. The minimum absolute atomic E-state index is 0.318. The van der Waals surface area contributed by atoms with Crippen LogP contribution in [0.1, 0.15) is 23.5 Å². The number of aromatic nitrogens is 2. The minimum atomic E-state index is 0.318. The van der Waals surface area contributed by atoms with Crippen LogP contribution in [-0.4, -0.2) is 16.3 Å². The third kappa shape index (κ3) is 3.31. The molecule has 1 N–H and O–H groups in total. The Morgan fingerprint density at radius 1 is 1.47 bits per heavy atom. The Hall–Kier alpha value is -0.840. The maximum absolute atomic E-state index is 5.89. The van der Waals surface area contributed by atoms with Crippen LogP contribution in [0, 0.1) is 0 Å². The van der Waals surface area contributed by atoms with E-state index >= 15 is 0 Å². The summed E-state index contributed by atoms with van der Waals surface area (Å²) in [7, 11) is 1.96. The molecule has 0 amide bonds. The van der Waals surface area contributed by atoms with Gasteiger partial charge in [0.15, 0.2) is 0 Å². The topological polar surface area (TPSA) is 29.9 Å². The van der Waals surface area contributed by atoms with Gasteiger partial charge < -0.3 is 5.32 Å². The predicted octanol–water partition coefficient (Wildman–Crippen LogP) is 3.03. The van der Waals surface area contributed by atoms with Crippen LogP contribution in [-0.2, 0) is 13.5 Å². The Morgan fingerprint density at radius 3 is 2.88 bits per heavy atom. The summed E-state index contributed by atoms with van der Waals surface area (Å²) in [5, 5.41) is 7.65. The summed E-state index contributed by atoms with van der Waals surface area (Å²) in [5.74, 6) is 0. The predicted molar refractivity (Wildman–Crippen MR) is 72.7 cm³/mol. The molecule has 2 aromatic heterocycles. The van der Waals surface area contributed by atoms with Crippen LogP contribution >= 0.6 is 22.9 Å². The highest BCUT2D eigenvalue weighted by Gasteiger charge is 2.08. The molecule has 0 aliphatic heterocycles. The zero-order chi connectivity index (χ0) is 12.3. The van der Waals surface area contributed by atoms with Gasteiger partial charge in [-0.05, 0) is 31.5 Å². The Labute approximate surface area is 110 Å². The first kappa shape index (κ1) is 12.6. The van der Waals surface area contributed by atoms with Gasteiger partial charge in [0.25, 0.3) is 0 Å². The molecule has 92 valence electrons. The number of nitrogens with zero attached hydrogens (tertiary/aromatic N) is 2. The highest BCUT2D eigenvalue weighted by molar-refractivity contribution is 7.16. The first-order valence-electron chi connectivity index (χ1n) is 5.62. The molecule has 1 unspecified atom stereocenters. The van der Waals surface area contributed by atoms with Crippen molar-refractivity contribution in [3.8, 4) is 0 Å². The average Bonchev–Trinajstić information content (AvgIpc) is 2.87. The fourth-order valence-corrected chi connectivity index (χ4v) is 2.90. The Bertz CT molecular complexity index is 478. The van der Waals surface area contributed by atoms with E-state index in [2.05, 4.69) is 23.4 Å². The van der Waals surface area contributed by atoms with Crippen molar-refractivity contribution in [3.63, 3.8) is 0 Å². The number of hydrogen-bond donors (Lipinski definition) is 1. The molecule has 0 fully saturated rings. The second-order valence-electron chi connectivity index (χ2n) is 4.01. The lowest BCUT2D eigenvalue weighted by atomic mass is 10.2. The SMILES string of the molecule is CC(NCCc1ccc(Cl)s1)c1ccnn1C. The van der Waals surface area contributed by atoms with Gasteiger partial charge >= 0.3 is 0 Å². The molecule has 17 heavy (non-hydrogen) atoms. The third-order valence-electron chi connectivity index (χ3n) is 2.75. The highest BCUT2D eigenvalue weighted by Crippen LogP contribution is 2.21. The van der Waals surface area contributed by atoms with Crippen LogP contribution in [0.3, 0.4) is 0 Å². The zero-order valence-corrected chi connectivity index (χ0v) is 11.6. The van der Waals surface area contributed by atoms with Gasteiger partial charge in [0, 0.05) is 30.7 Å². The van der Waals surface area contributed by atoms with E-state index in [1.165, 1.54) is 10.6 Å². The Morgan fingerprint density at radius 2 is 2.29 bits per heavy atom. The average molecular weight is 270 g/mol. The number of aryl methyl sites for hydroxylation is 1. The van der Waals surface area contributed by atoms with Gasteiger partial charge in [0.05, 0.1) is 10.0 Å². The maximum atomic E-state index is 5.89. The van der Waals surface area contributed by atoms with Crippen molar-refractivity contribution in [1.82, 2.24) is 15.1 Å². The van der Waals surface area contributed by atoms with Gasteiger partial charge in [0.1, 0.15) is 0 Å². The largest absolute Gasteiger partial charge is 0.309 e. The second kappa shape index (κ2) is 5.67. The minimum Gasteiger partial charge on any atom is -0.309 e. The maximum Gasteiger partial charge on any atom is 0.0931 e. The number of nitrogens with one attached hydrogen (secondary N) is 1. The van der Waals surface area contributed by atoms with Crippen LogP contribution in [0.25, 0.3) is 0 Å². The first-order valence-corrected chi connectivity index (χ1v) is 6.82. The Balaban J connectivity index is 1.81. The highest BCUT2D eigenvalue weighted by atomic mass is 35.5. The van der Waals surface area contributed by atoms with Crippen molar-refractivity contribution in [1.29, 1.82) is 0 Å². The molecule has 0 saturated carbocycles. The lowest BCUT2D eigenvalue weighted by molar-refractivity contribution is 0.534. The van der Waals surface area contributed by atoms with Crippen LogP contribution in [0.5, 0.6) is 0 Å². The molecule has 0 radical (unpaired) electrons. The molecular weight excluding hydrogens is 254 g/mol. The van der Waals surface area contributed by atoms with Gasteiger partial charge in [-0.25, -0.2) is 0 Å². The van der Waals surface area contributed by atoms with E-state index in [1.54, 1.807) is 11.3 Å². The number of rotatable bonds is 5. The lowest BCUT2D eigenvalue weighted by Crippen LogP contribution is -2.23. The smallest absolute Gasteiger partial charge is 0.0931 e. The fraction of sp³-hybridized carbons (Fsp3) is 0.417. The van der Waals surface area contributed by atoms with Crippen LogP contribution < -0.4 is 5.32 Å². The van der Waals surface area contributed by atoms with E-state index in [-0.39, 0.29) is 0 Å². The van der Waals surface area contributed by atoms with E-state index in [1.807, 2.05) is 30.1 Å². The van der Waals surface area contributed by atoms with Crippen molar-refractivity contribution in [3.05, 3.63) is 39.3 Å². The molecule has 2 heterocycles. The van der Waals surface area contributed by atoms with E-state index < -0.39 is 0 Å². The van der Waals surface area contributed by atoms with E-state index in [0.717, 1.165) is 17.3 Å². The summed E-state index contributed by atoms with van der Waals surface area (Å²) in [6.45, 7) is 3.10. The van der Waals surface area contributed by atoms with Crippen LogP contribution in [0.2, 0.25) is 4.34 Å². The van der Waals surface area contributed by atoms with Gasteiger partial charge in [-0.15, -0.1) is 11.3 Å². The van der Waals surface area contributed by atoms with Crippen molar-refractivity contribution < 1.29 is 0 Å². The molecule has 0 bridgehead atoms. The number of thiophene rings is 1. The van der Waals surface area contributed by atoms with E-state index in [9.17, 15) is 0 Å². The fourth-order valence-electron chi connectivity index (χ4n) is 1.81. The molecule has 1 atom stereocenters. The van der Waals surface area contributed by atoms with E-state index in [4.69, 9.17) is 11.6 Å².